The highest BCUT2D eigenvalue weighted by molar-refractivity contribution is 5.79. The summed E-state index contributed by atoms with van der Waals surface area (Å²) in [4.78, 5) is 24.1. The second-order valence-corrected chi connectivity index (χ2v) is 7.44. The molecule has 6 nitrogen and oxygen atoms in total. The maximum atomic E-state index is 11.6. The molecule has 0 heterocycles. The van der Waals surface area contributed by atoms with Crippen LogP contribution in [0.1, 0.15) is 31.4 Å². The van der Waals surface area contributed by atoms with Gasteiger partial charge in [-0.05, 0) is 42.0 Å². The first-order valence-electron chi connectivity index (χ1n) is 9.85. The number of ether oxygens (including phenoxy) is 1. The predicted molar refractivity (Wildman–Crippen MR) is 111 cm³/mol. The molecule has 0 fully saturated rings. The number of benzene rings is 2. The van der Waals surface area contributed by atoms with Gasteiger partial charge < -0.3 is 14.9 Å². The molecule has 2 rings (SSSR count). The second kappa shape index (κ2) is 11.1. The van der Waals surface area contributed by atoms with Crippen LogP contribution in [0.25, 0.3) is 0 Å². The van der Waals surface area contributed by atoms with Crippen molar-refractivity contribution in [2.45, 2.75) is 39.2 Å². The van der Waals surface area contributed by atoms with Gasteiger partial charge in [-0.25, -0.2) is 9.59 Å². The monoisotopic (exact) mass is 399 g/mol. The summed E-state index contributed by atoms with van der Waals surface area (Å²) in [5, 5.41) is 18.9. The van der Waals surface area contributed by atoms with E-state index >= 15 is 0 Å². The van der Waals surface area contributed by atoms with Crippen molar-refractivity contribution in [3.63, 3.8) is 0 Å². The normalized spacial score (nSPS) is 11.8. The van der Waals surface area contributed by atoms with Gasteiger partial charge in [-0.2, -0.15) is 0 Å². The average Bonchev–Trinajstić information content (AvgIpc) is 2.68. The molecule has 0 aliphatic heterocycles. The first kappa shape index (κ1) is 22.3. The first-order valence-corrected chi connectivity index (χ1v) is 9.85. The molecular weight excluding hydrogens is 370 g/mol. The molecule has 29 heavy (non-hydrogen) atoms. The fourth-order valence-electron chi connectivity index (χ4n) is 3.13. The third-order valence-electron chi connectivity index (χ3n) is 4.67. The average molecular weight is 399 g/mol. The molecule has 0 saturated carbocycles. The van der Waals surface area contributed by atoms with Crippen molar-refractivity contribution in [2.24, 2.45) is 5.92 Å². The van der Waals surface area contributed by atoms with Gasteiger partial charge in [0.15, 0.2) is 0 Å². The van der Waals surface area contributed by atoms with Crippen molar-refractivity contribution >= 4 is 12.1 Å². The molecule has 2 aromatic carbocycles. The molecule has 0 saturated heterocycles. The van der Waals surface area contributed by atoms with Crippen LogP contribution in [-0.4, -0.2) is 46.4 Å². The van der Waals surface area contributed by atoms with E-state index in [1.807, 2.05) is 56.3 Å². The van der Waals surface area contributed by atoms with Crippen molar-refractivity contribution in [3.8, 4) is 5.75 Å². The summed E-state index contributed by atoms with van der Waals surface area (Å²) in [5.41, 5.74) is 2.15. The molecule has 0 aliphatic carbocycles. The van der Waals surface area contributed by atoms with E-state index in [4.69, 9.17) is 4.74 Å². The highest BCUT2D eigenvalue weighted by atomic mass is 16.5. The van der Waals surface area contributed by atoms with E-state index < -0.39 is 18.1 Å². The van der Waals surface area contributed by atoms with Crippen LogP contribution in [0.5, 0.6) is 5.75 Å². The largest absolute Gasteiger partial charge is 0.493 e. The summed E-state index contributed by atoms with van der Waals surface area (Å²) in [6.45, 7) is 4.47. The number of rotatable bonds is 11. The number of amides is 1. The Morgan fingerprint density at radius 3 is 2.10 bits per heavy atom. The minimum atomic E-state index is -1.21. The first-order chi connectivity index (χ1) is 13.9. The smallest absolute Gasteiger partial charge is 0.408 e. The number of carboxylic acids is 1. The minimum Gasteiger partial charge on any atom is -0.493 e. The van der Waals surface area contributed by atoms with Crippen LogP contribution in [0.2, 0.25) is 0 Å². The quantitative estimate of drug-likeness (QED) is 0.587. The van der Waals surface area contributed by atoms with Gasteiger partial charge in [-0.3, -0.25) is 4.90 Å². The molecule has 1 unspecified atom stereocenters. The Morgan fingerprint density at radius 2 is 1.55 bits per heavy atom. The zero-order valence-corrected chi connectivity index (χ0v) is 17.0. The van der Waals surface area contributed by atoms with Crippen molar-refractivity contribution in [2.75, 3.05) is 13.2 Å². The summed E-state index contributed by atoms with van der Waals surface area (Å²) in [7, 11) is 0. The third-order valence-corrected chi connectivity index (χ3v) is 4.67. The summed E-state index contributed by atoms with van der Waals surface area (Å²) in [5.74, 6) is -0.267. The van der Waals surface area contributed by atoms with E-state index in [0.717, 1.165) is 22.6 Å². The summed E-state index contributed by atoms with van der Waals surface area (Å²) < 4.78 is 5.76. The number of hydrogen-bond acceptors (Lipinski definition) is 3. The topological polar surface area (TPSA) is 87.1 Å². The lowest BCUT2D eigenvalue weighted by atomic mass is 10.0. The third kappa shape index (κ3) is 7.49. The maximum absolute atomic E-state index is 11.6. The number of carboxylic acid groups (broad SMARTS) is 2. The van der Waals surface area contributed by atoms with E-state index in [1.165, 1.54) is 5.56 Å². The van der Waals surface area contributed by atoms with Crippen molar-refractivity contribution < 1.29 is 24.5 Å². The minimum absolute atomic E-state index is 0.0882. The molecule has 0 aromatic heterocycles. The maximum Gasteiger partial charge on any atom is 0.408 e. The molecule has 6 heteroatoms. The van der Waals surface area contributed by atoms with Crippen LogP contribution in [0.15, 0.2) is 54.6 Å². The molecule has 0 bridgehead atoms. The van der Waals surface area contributed by atoms with Crippen molar-refractivity contribution in [3.05, 3.63) is 65.7 Å². The molecule has 0 radical (unpaired) electrons. The van der Waals surface area contributed by atoms with Gasteiger partial charge in [0.05, 0.1) is 6.61 Å². The Morgan fingerprint density at radius 1 is 0.931 bits per heavy atom. The number of aliphatic carboxylic acids is 1. The second-order valence-electron chi connectivity index (χ2n) is 7.44. The number of carbonyl (C=O) groups is 2. The lowest BCUT2D eigenvalue weighted by molar-refractivity contribution is -0.143. The van der Waals surface area contributed by atoms with Crippen LogP contribution in [0.3, 0.4) is 0 Å². The zero-order chi connectivity index (χ0) is 21.2. The fraction of sp³-hybridized carbons (Fsp3) is 0.391. The van der Waals surface area contributed by atoms with Gasteiger partial charge in [0.1, 0.15) is 11.8 Å². The van der Waals surface area contributed by atoms with Crippen LogP contribution in [-0.2, 0) is 17.6 Å². The Balaban J connectivity index is 1.88. The van der Waals surface area contributed by atoms with Crippen molar-refractivity contribution in [1.29, 1.82) is 0 Å². The van der Waals surface area contributed by atoms with E-state index in [0.29, 0.717) is 13.0 Å². The molecule has 1 atom stereocenters. The summed E-state index contributed by atoms with van der Waals surface area (Å²) >= 11 is 0. The lowest BCUT2D eigenvalue weighted by Crippen LogP contribution is -2.46. The van der Waals surface area contributed by atoms with E-state index in [9.17, 15) is 19.8 Å². The molecule has 156 valence electrons. The standard InChI is InChI=1S/C23H29NO5/c1-17(2)16-21(22(25)26)24(23(27)28)14-12-19-8-10-20(11-9-19)29-15-13-18-6-4-3-5-7-18/h3-11,17,21H,12-16H2,1-2H3,(H,25,26)(H,27,28). The van der Waals surface area contributed by atoms with Gasteiger partial charge in [0, 0.05) is 13.0 Å². The van der Waals surface area contributed by atoms with Gasteiger partial charge in [0.2, 0.25) is 0 Å². The Kier molecular flexibility index (Phi) is 8.52. The molecule has 2 aromatic rings. The van der Waals surface area contributed by atoms with Gasteiger partial charge >= 0.3 is 12.1 Å². The number of hydrogen-bond donors (Lipinski definition) is 2. The van der Waals surface area contributed by atoms with Crippen LogP contribution in [0.4, 0.5) is 4.79 Å². The Bertz CT molecular complexity index is 774. The highest BCUT2D eigenvalue weighted by Gasteiger charge is 2.29. The van der Waals surface area contributed by atoms with Crippen LogP contribution < -0.4 is 4.74 Å². The highest BCUT2D eigenvalue weighted by Crippen LogP contribution is 2.16. The predicted octanol–water partition coefficient (Wildman–Crippen LogP) is 4.33. The van der Waals surface area contributed by atoms with Gasteiger partial charge in [-0.15, -0.1) is 0 Å². The fourth-order valence-corrected chi connectivity index (χ4v) is 3.13. The van der Waals surface area contributed by atoms with Gasteiger partial charge in [0.25, 0.3) is 0 Å². The van der Waals surface area contributed by atoms with Gasteiger partial charge in [-0.1, -0.05) is 56.3 Å². The van der Waals surface area contributed by atoms with E-state index in [1.54, 1.807) is 0 Å². The number of nitrogens with zero attached hydrogens (tertiary/aromatic N) is 1. The molecule has 2 N–H and O–H groups in total. The van der Waals surface area contributed by atoms with Crippen LogP contribution in [0, 0.1) is 5.92 Å². The zero-order valence-electron chi connectivity index (χ0n) is 17.0. The molecular formula is C23H29NO5. The Labute approximate surface area is 171 Å². The lowest BCUT2D eigenvalue weighted by Gasteiger charge is -2.27. The summed E-state index contributed by atoms with van der Waals surface area (Å²) in [6.07, 6.45) is 0.343. The molecule has 1 amide bonds. The molecule has 0 aliphatic rings. The molecule has 0 spiro atoms. The summed E-state index contributed by atoms with van der Waals surface area (Å²) in [6, 6.07) is 16.5. The van der Waals surface area contributed by atoms with Crippen molar-refractivity contribution in [1.82, 2.24) is 4.90 Å². The van der Waals surface area contributed by atoms with Crippen LogP contribution >= 0.6 is 0 Å². The van der Waals surface area contributed by atoms with E-state index in [2.05, 4.69) is 12.1 Å². The SMILES string of the molecule is CC(C)CC(C(=O)O)N(CCc1ccc(OCCc2ccccc2)cc1)C(=O)O. The Hall–Kier alpha value is -3.02. The van der Waals surface area contributed by atoms with E-state index in [-0.39, 0.29) is 18.9 Å².